The molecule has 1 aromatic heterocycles. The summed E-state index contributed by atoms with van der Waals surface area (Å²) in [6.07, 6.45) is 0.763. The van der Waals surface area contributed by atoms with Crippen LogP contribution >= 0.6 is 11.3 Å². The second kappa shape index (κ2) is 8.50. The SMILES string of the molecule is CN(CC(=O)NCCc1nc2ccccc2s1)Cc1ccc2ccccc2c1. The number of likely N-dealkylation sites (N-methyl/N-ethyl adjacent to an activating group) is 1. The Hall–Kier alpha value is -2.76. The summed E-state index contributed by atoms with van der Waals surface area (Å²) in [5.41, 5.74) is 2.24. The zero-order chi connectivity index (χ0) is 19.3. The smallest absolute Gasteiger partial charge is 0.234 e. The second-order valence-corrected chi connectivity index (χ2v) is 8.14. The molecule has 0 atom stereocenters. The van der Waals surface area contributed by atoms with Gasteiger partial charge in [-0.1, -0.05) is 48.5 Å². The van der Waals surface area contributed by atoms with Gasteiger partial charge >= 0.3 is 0 Å². The minimum Gasteiger partial charge on any atom is -0.355 e. The summed E-state index contributed by atoms with van der Waals surface area (Å²) in [4.78, 5) is 18.9. The van der Waals surface area contributed by atoms with E-state index in [-0.39, 0.29) is 5.91 Å². The minimum absolute atomic E-state index is 0.0457. The van der Waals surface area contributed by atoms with Crippen molar-refractivity contribution in [3.05, 3.63) is 77.3 Å². The Labute approximate surface area is 168 Å². The maximum atomic E-state index is 12.2. The summed E-state index contributed by atoms with van der Waals surface area (Å²) in [7, 11) is 1.97. The molecule has 4 rings (SSSR count). The van der Waals surface area contributed by atoms with Crippen LogP contribution in [-0.2, 0) is 17.8 Å². The summed E-state index contributed by atoms with van der Waals surface area (Å²) in [5, 5.41) is 6.54. The first kappa shape index (κ1) is 18.6. The van der Waals surface area contributed by atoms with Crippen LogP contribution in [0.4, 0.5) is 0 Å². The van der Waals surface area contributed by atoms with E-state index in [0.717, 1.165) is 23.5 Å². The average Bonchev–Trinajstić information content (AvgIpc) is 3.10. The monoisotopic (exact) mass is 389 g/mol. The summed E-state index contributed by atoms with van der Waals surface area (Å²) >= 11 is 1.69. The zero-order valence-corrected chi connectivity index (χ0v) is 16.7. The van der Waals surface area contributed by atoms with Gasteiger partial charge in [0.15, 0.2) is 0 Å². The summed E-state index contributed by atoms with van der Waals surface area (Å²) in [6, 6.07) is 22.9. The first-order valence-electron chi connectivity index (χ1n) is 9.45. The van der Waals surface area contributed by atoms with Gasteiger partial charge in [-0.15, -0.1) is 11.3 Å². The van der Waals surface area contributed by atoms with E-state index in [1.54, 1.807) is 11.3 Å². The Bertz CT molecular complexity index is 1070. The van der Waals surface area contributed by atoms with Crippen molar-refractivity contribution in [3.8, 4) is 0 Å². The van der Waals surface area contributed by atoms with E-state index < -0.39 is 0 Å². The fourth-order valence-electron chi connectivity index (χ4n) is 3.34. The van der Waals surface area contributed by atoms with Crippen LogP contribution in [0.5, 0.6) is 0 Å². The van der Waals surface area contributed by atoms with E-state index in [0.29, 0.717) is 13.1 Å². The quantitative estimate of drug-likeness (QED) is 0.514. The maximum absolute atomic E-state index is 12.2. The number of hydrogen-bond donors (Lipinski definition) is 1. The summed E-state index contributed by atoms with van der Waals surface area (Å²) in [6.45, 7) is 1.74. The molecule has 0 aliphatic rings. The molecule has 1 N–H and O–H groups in total. The molecule has 4 nitrogen and oxygen atoms in total. The molecule has 28 heavy (non-hydrogen) atoms. The Morgan fingerprint density at radius 3 is 2.68 bits per heavy atom. The molecule has 5 heteroatoms. The highest BCUT2D eigenvalue weighted by Gasteiger charge is 2.08. The first-order valence-corrected chi connectivity index (χ1v) is 10.3. The van der Waals surface area contributed by atoms with Crippen LogP contribution < -0.4 is 5.32 Å². The molecule has 0 radical (unpaired) electrons. The number of nitrogens with one attached hydrogen (secondary N) is 1. The number of nitrogens with zero attached hydrogens (tertiary/aromatic N) is 2. The zero-order valence-electron chi connectivity index (χ0n) is 15.9. The van der Waals surface area contributed by atoms with E-state index in [1.807, 2.05) is 36.2 Å². The van der Waals surface area contributed by atoms with E-state index in [4.69, 9.17) is 0 Å². The van der Waals surface area contributed by atoms with Crippen LogP contribution in [-0.4, -0.2) is 35.9 Å². The maximum Gasteiger partial charge on any atom is 0.234 e. The Balaban J connectivity index is 1.25. The number of para-hydroxylation sites is 1. The number of hydrogen-bond acceptors (Lipinski definition) is 4. The molecule has 142 valence electrons. The van der Waals surface area contributed by atoms with Gasteiger partial charge < -0.3 is 5.32 Å². The molecular weight excluding hydrogens is 366 g/mol. The molecule has 4 aromatic rings. The highest BCUT2D eigenvalue weighted by molar-refractivity contribution is 7.18. The van der Waals surface area contributed by atoms with E-state index in [2.05, 4.69) is 52.8 Å². The molecule has 3 aromatic carbocycles. The fraction of sp³-hybridized carbons (Fsp3) is 0.217. The fourth-order valence-corrected chi connectivity index (χ4v) is 4.31. The normalized spacial score (nSPS) is 11.4. The van der Waals surface area contributed by atoms with Gasteiger partial charge in [-0.2, -0.15) is 0 Å². The van der Waals surface area contributed by atoms with Gasteiger partial charge in [-0.25, -0.2) is 4.98 Å². The number of amides is 1. The Morgan fingerprint density at radius 1 is 1.04 bits per heavy atom. The van der Waals surface area contributed by atoms with Crippen LogP contribution in [0.3, 0.4) is 0 Å². The van der Waals surface area contributed by atoms with Gasteiger partial charge in [-0.3, -0.25) is 9.69 Å². The number of carbonyl (C=O) groups excluding carboxylic acids is 1. The van der Waals surface area contributed by atoms with E-state index >= 15 is 0 Å². The number of carbonyl (C=O) groups is 1. The predicted octanol–water partition coefficient (Wildman–Crippen LogP) is 4.24. The highest BCUT2D eigenvalue weighted by Crippen LogP contribution is 2.21. The van der Waals surface area contributed by atoms with Crippen LogP contribution in [0.2, 0.25) is 0 Å². The van der Waals surface area contributed by atoms with Crippen molar-refractivity contribution in [2.75, 3.05) is 20.1 Å². The largest absolute Gasteiger partial charge is 0.355 e. The molecule has 0 fully saturated rings. The van der Waals surface area contributed by atoms with Gasteiger partial charge in [0.05, 0.1) is 21.8 Å². The molecule has 0 aliphatic carbocycles. The first-order chi connectivity index (χ1) is 13.7. The van der Waals surface area contributed by atoms with E-state index in [1.165, 1.54) is 21.0 Å². The molecule has 0 bridgehead atoms. The molecule has 0 unspecified atom stereocenters. The number of benzene rings is 3. The van der Waals surface area contributed by atoms with E-state index in [9.17, 15) is 4.79 Å². The third kappa shape index (κ3) is 4.55. The molecule has 0 saturated heterocycles. The second-order valence-electron chi connectivity index (χ2n) is 7.03. The van der Waals surface area contributed by atoms with Crippen LogP contribution in [0, 0.1) is 0 Å². The lowest BCUT2D eigenvalue weighted by molar-refractivity contribution is -0.122. The van der Waals surface area contributed by atoms with Crippen molar-refractivity contribution in [3.63, 3.8) is 0 Å². The molecule has 0 spiro atoms. The van der Waals surface area contributed by atoms with Crippen molar-refractivity contribution < 1.29 is 4.79 Å². The highest BCUT2D eigenvalue weighted by atomic mass is 32.1. The van der Waals surface area contributed by atoms with Gasteiger partial charge in [-0.05, 0) is 41.6 Å². The van der Waals surface area contributed by atoms with Crippen LogP contribution in [0.25, 0.3) is 21.0 Å². The average molecular weight is 390 g/mol. The number of fused-ring (bicyclic) bond motifs is 2. The van der Waals surface area contributed by atoms with Crippen molar-refractivity contribution >= 4 is 38.2 Å². The number of aromatic nitrogens is 1. The van der Waals surface area contributed by atoms with Gasteiger partial charge in [0, 0.05) is 19.5 Å². The predicted molar refractivity (Wildman–Crippen MR) is 117 cm³/mol. The lowest BCUT2D eigenvalue weighted by Gasteiger charge is -2.16. The third-order valence-corrected chi connectivity index (χ3v) is 5.78. The van der Waals surface area contributed by atoms with Crippen molar-refractivity contribution in [2.45, 2.75) is 13.0 Å². The molecule has 0 aliphatic heterocycles. The standard InChI is InChI=1S/C23H23N3OS/c1-26(15-17-10-11-18-6-2-3-7-19(18)14-17)16-22(27)24-13-12-23-25-20-8-4-5-9-21(20)28-23/h2-11,14H,12-13,15-16H2,1H3,(H,24,27). The molecular formula is C23H23N3OS. The summed E-state index contributed by atoms with van der Waals surface area (Å²) in [5.74, 6) is 0.0457. The van der Waals surface area contributed by atoms with Crippen LogP contribution in [0.15, 0.2) is 66.7 Å². The number of thiazole rings is 1. The van der Waals surface area contributed by atoms with Crippen molar-refractivity contribution in [1.82, 2.24) is 15.2 Å². The Kier molecular flexibility index (Phi) is 5.65. The third-order valence-electron chi connectivity index (χ3n) is 4.68. The van der Waals surface area contributed by atoms with Crippen molar-refractivity contribution in [1.29, 1.82) is 0 Å². The Morgan fingerprint density at radius 2 is 1.82 bits per heavy atom. The molecule has 0 saturated carbocycles. The molecule has 1 amide bonds. The van der Waals surface area contributed by atoms with Crippen LogP contribution in [0.1, 0.15) is 10.6 Å². The lowest BCUT2D eigenvalue weighted by Crippen LogP contribution is -2.35. The van der Waals surface area contributed by atoms with Crippen molar-refractivity contribution in [2.24, 2.45) is 0 Å². The van der Waals surface area contributed by atoms with Gasteiger partial charge in [0.1, 0.15) is 0 Å². The molecule has 1 heterocycles. The number of rotatable bonds is 7. The summed E-state index contributed by atoms with van der Waals surface area (Å²) < 4.78 is 1.19. The minimum atomic E-state index is 0.0457. The van der Waals surface area contributed by atoms with Gasteiger partial charge in [0.2, 0.25) is 5.91 Å². The topological polar surface area (TPSA) is 45.2 Å². The van der Waals surface area contributed by atoms with Gasteiger partial charge in [0.25, 0.3) is 0 Å². The lowest BCUT2D eigenvalue weighted by atomic mass is 10.1.